The predicted molar refractivity (Wildman–Crippen MR) is 44.3 cm³/mol. The van der Waals surface area contributed by atoms with Crippen LogP contribution in [0, 0.1) is 0 Å². The van der Waals surface area contributed by atoms with Gasteiger partial charge in [0.05, 0.1) is 8.95 Å². The van der Waals surface area contributed by atoms with Gasteiger partial charge in [0.1, 0.15) is 6.26 Å². The van der Waals surface area contributed by atoms with Gasteiger partial charge < -0.3 is 4.42 Å². The minimum Gasteiger partial charge on any atom is -0.457 e. The summed E-state index contributed by atoms with van der Waals surface area (Å²) in [4.78, 5) is 10.5. The molecule has 1 aromatic rings. The van der Waals surface area contributed by atoms with E-state index in [1.807, 2.05) is 0 Å². The first kappa shape index (κ1) is 8.30. The van der Waals surface area contributed by atoms with Gasteiger partial charge in [-0.25, -0.2) is 0 Å². The second kappa shape index (κ2) is 3.07. The summed E-state index contributed by atoms with van der Waals surface area (Å²) < 4.78 is 6.01. The first-order chi connectivity index (χ1) is 4.63. The summed E-state index contributed by atoms with van der Waals surface area (Å²) in [5, 5.41) is -0.613. The van der Waals surface area contributed by atoms with Gasteiger partial charge in [0.15, 0.2) is 0 Å². The van der Waals surface area contributed by atoms with Crippen LogP contribution in [0.2, 0.25) is 0 Å². The number of carbonyl (C=O) groups is 1. The fraction of sp³-hybridized carbons (Fsp3) is 0. The fourth-order valence-corrected chi connectivity index (χ4v) is 1.35. The molecule has 0 bridgehead atoms. The molecule has 0 fully saturated rings. The van der Waals surface area contributed by atoms with Crippen LogP contribution in [0.25, 0.3) is 0 Å². The van der Waals surface area contributed by atoms with Gasteiger partial charge in [-0.2, -0.15) is 0 Å². The predicted octanol–water partition coefficient (Wildman–Crippen LogP) is 3.18. The molecule has 0 unspecified atom stereocenters. The zero-order valence-corrected chi connectivity index (χ0v) is 8.46. The molecule has 0 saturated carbocycles. The molecule has 0 saturated heterocycles. The zero-order chi connectivity index (χ0) is 7.72. The van der Waals surface area contributed by atoms with Crippen LogP contribution in [-0.4, -0.2) is 5.24 Å². The highest BCUT2D eigenvalue weighted by Gasteiger charge is 2.14. The quantitative estimate of drug-likeness (QED) is 0.743. The van der Waals surface area contributed by atoms with Crippen LogP contribution in [-0.2, 0) is 0 Å². The minimum absolute atomic E-state index is 0.119. The third-order valence-corrected chi connectivity index (χ3v) is 2.94. The van der Waals surface area contributed by atoms with E-state index in [0.29, 0.717) is 8.95 Å². The Bertz CT molecular complexity index is 269. The summed E-state index contributed by atoms with van der Waals surface area (Å²) in [6, 6.07) is 0. The van der Waals surface area contributed by atoms with Crippen molar-refractivity contribution in [1.29, 1.82) is 0 Å². The summed E-state index contributed by atoms with van der Waals surface area (Å²) in [7, 11) is 0. The Labute approximate surface area is 78.8 Å². The lowest BCUT2D eigenvalue weighted by molar-refractivity contribution is 0.105. The Kier molecular flexibility index (Phi) is 2.55. The highest BCUT2D eigenvalue weighted by atomic mass is 79.9. The van der Waals surface area contributed by atoms with Crippen molar-refractivity contribution in [3.8, 4) is 0 Å². The molecule has 0 radical (unpaired) electrons. The normalized spacial score (nSPS) is 9.90. The molecule has 0 amide bonds. The molecule has 1 heterocycles. The number of hydrogen-bond acceptors (Lipinski definition) is 2. The Morgan fingerprint density at radius 1 is 1.60 bits per heavy atom. The van der Waals surface area contributed by atoms with Crippen LogP contribution in [0.3, 0.4) is 0 Å². The SMILES string of the molecule is O=C(Cl)c1occ(Br)c1Br. The molecule has 10 heavy (non-hydrogen) atoms. The molecule has 1 rings (SSSR count). The lowest BCUT2D eigenvalue weighted by Crippen LogP contribution is -1.84. The molecular weight excluding hydrogens is 287 g/mol. The van der Waals surface area contributed by atoms with Gasteiger partial charge in [0.25, 0.3) is 5.24 Å². The third-order valence-electron chi connectivity index (χ3n) is 0.868. The van der Waals surface area contributed by atoms with Gasteiger partial charge in [-0.15, -0.1) is 0 Å². The Hall–Kier alpha value is 0.200. The van der Waals surface area contributed by atoms with Crippen molar-refractivity contribution in [3.63, 3.8) is 0 Å². The molecule has 1 aromatic heterocycles. The maximum absolute atomic E-state index is 10.5. The monoisotopic (exact) mass is 286 g/mol. The number of hydrogen-bond donors (Lipinski definition) is 0. The molecule has 0 aliphatic rings. The third kappa shape index (κ3) is 1.44. The molecule has 0 aromatic carbocycles. The highest BCUT2D eigenvalue weighted by Crippen LogP contribution is 2.29. The fourth-order valence-electron chi connectivity index (χ4n) is 0.455. The van der Waals surface area contributed by atoms with Gasteiger partial charge in [0, 0.05) is 0 Å². The Morgan fingerprint density at radius 2 is 2.20 bits per heavy atom. The largest absolute Gasteiger partial charge is 0.457 e. The number of rotatable bonds is 1. The van der Waals surface area contributed by atoms with Gasteiger partial charge in [0.2, 0.25) is 5.76 Å². The van der Waals surface area contributed by atoms with E-state index >= 15 is 0 Å². The number of furan rings is 1. The second-order valence-electron chi connectivity index (χ2n) is 1.50. The Balaban J connectivity index is 3.17. The summed E-state index contributed by atoms with van der Waals surface area (Å²) in [6.45, 7) is 0. The van der Waals surface area contributed by atoms with E-state index in [-0.39, 0.29) is 5.76 Å². The van der Waals surface area contributed by atoms with E-state index in [2.05, 4.69) is 31.9 Å². The van der Waals surface area contributed by atoms with E-state index < -0.39 is 5.24 Å². The van der Waals surface area contributed by atoms with Crippen molar-refractivity contribution in [2.24, 2.45) is 0 Å². The van der Waals surface area contributed by atoms with Crippen LogP contribution < -0.4 is 0 Å². The summed E-state index contributed by atoms with van der Waals surface area (Å²) in [5.74, 6) is 0.119. The number of carbonyl (C=O) groups excluding carboxylic acids is 1. The van der Waals surface area contributed by atoms with Crippen LogP contribution >= 0.6 is 43.5 Å². The first-order valence-corrected chi connectivity index (χ1v) is 4.21. The van der Waals surface area contributed by atoms with Gasteiger partial charge >= 0.3 is 0 Å². The van der Waals surface area contributed by atoms with Crippen LogP contribution in [0.4, 0.5) is 0 Å². The topological polar surface area (TPSA) is 30.2 Å². The van der Waals surface area contributed by atoms with E-state index in [1.54, 1.807) is 0 Å². The maximum atomic E-state index is 10.5. The van der Waals surface area contributed by atoms with E-state index in [0.717, 1.165) is 0 Å². The van der Waals surface area contributed by atoms with Gasteiger partial charge in [-0.3, -0.25) is 4.79 Å². The molecule has 0 atom stereocenters. The lowest BCUT2D eigenvalue weighted by Gasteiger charge is -1.84. The Morgan fingerprint density at radius 3 is 2.40 bits per heavy atom. The van der Waals surface area contributed by atoms with E-state index in [4.69, 9.17) is 16.0 Å². The molecular formula is C5HBr2ClO2. The van der Waals surface area contributed by atoms with Crippen molar-refractivity contribution in [1.82, 2.24) is 0 Å². The van der Waals surface area contributed by atoms with E-state index in [1.165, 1.54) is 6.26 Å². The summed E-state index contributed by atoms with van der Waals surface area (Å²) in [6.07, 6.45) is 1.39. The van der Waals surface area contributed by atoms with Gasteiger partial charge in [-0.1, -0.05) is 0 Å². The zero-order valence-electron chi connectivity index (χ0n) is 4.53. The molecule has 54 valence electrons. The van der Waals surface area contributed by atoms with Crippen molar-refractivity contribution in [3.05, 3.63) is 21.0 Å². The molecule has 0 aliphatic carbocycles. The molecule has 5 heteroatoms. The molecule has 0 spiro atoms. The average Bonchev–Trinajstić information content (AvgIpc) is 2.14. The van der Waals surface area contributed by atoms with Crippen LogP contribution in [0.15, 0.2) is 19.6 Å². The van der Waals surface area contributed by atoms with Gasteiger partial charge in [-0.05, 0) is 43.5 Å². The highest BCUT2D eigenvalue weighted by molar-refractivity contribution is 9.13. The standard InChI is InChI=1S/C5HBr2ClO2/c6-2-1-10-4(3(2)7)5(8)9/h1H. The lowest BCUT2D eigenvalue weighted by atomic mass is 10.5. The van der Waals surface area contributed by atoms with Crippen LogP contribution in [0.1, 0.15) is 10.6 Å². The summed E-state index contributed by atoms with van der Waals surface area (Å²) >= 11 is 11.4. The maximum Gasteiger partial charge on any atom is 0.288 e. The van der Waals surface area contributed by atoms with Crippen molar-refractivity contribution in [2.75, 3.05) is 0 Å². The first-order valence-electron chi connectivity index (χ1n) is 2.25. The van der Waals surface area contributed by atoms with Crippen molar-refractivity contribution in [2.45, 2.75) is 0 Å². The molecule has 0 aliphatic heterocycles. The molecule has 0 N–H and O–H groups in total. The second-order valence-corrected chi connectivity index (χ2v) is 3.49. The van der Waals surface area contributed by atoms with Crippen LogP contribution in [0.5, 0.6) is 0 Å². The number of halogens is 3. The minimum atomic E-state index is -0.613. The summed E-state index contributed by atoms with van der Waals surface area (Å²) in [5.41, 5.74) is 0. The van der Waals surface area contributed by atoms with E-state index in [9.17, 15) is 4.79 Å². The average molecular weight is 288 g/mol. The van der Waals surface area contributed by atoms with Crippen molar-refractivity contribution >= 4 is 48.7 Å². The van der Waals surface area contributed by atoms with Crippen molar-refractivity contribution < 1.29 is 9.21 Å². The molecule has 2 nitrogen and oxygen atoms in total. The smallest absolute Gasteiger partial charge is 0.288 e.